The van der Waals surface area contributed by atoms with Crippen LogP contribution in [-0.4, -0.2) is 12.5 Å². The molecular formula is C13H25NO. The van der Waals surface area contributed by atoms with Gasteiger partial charge in [0.2, 0.25) is 5.91 Å². The molecule has 0 aromatic rings. The molecule has 88 valence electrons. The van der Waals surface area contributed by atoms with Gasteiger partial charge >= 0.3 is 0 Å². The van der Waals surface area contributed by atoms with Gasteiger partial charge < -0.3 is 5.32 Å². The van der Waals surface area contributed by atoms with Gasteiger partial charge in [-0.1, -0.05) is 40.5 Å². The van der Waals surface area contributed by atoms with E-state index in [9.17, 15) is 4.79 Å². The molecule has 1 N–H and O–H groups in total. The Morgan fingerprint density at radius 2 is 2.07 bits per heavy atom. The van der Waals surface area contributed by atoms with Crippen molar-refractivity contribution in [3.8, 4) is 0 Å². The molecule has 15 heavy (non-hydrogen) atoms. The molecule has 1 unspecified atom stereocenters. The smallest absolute Gasteiger partial charge is 0.223 e. The van der Waals surface area contributed by atoms with Crippen LogP contribution >= 0.6 is 0 Å². The summed E-state index contributed by atoms with van der Waals surface area (Å²) in [6, 6.07) is 0. The molecule has 1 rings (SSSR count). The van der Waals surface area contributed by atoms with Crippen LogP contribution in [0.4, 0.5) is 0 Å². The molecule has 1 aliphatic rings. The van der Waals surface area contributed by atoms with Crippen LogP contribution in [0.3, 0.4) is 0 Å². The maximum atomic E-state index is 12.0. The predicted molar refractivity (Wildman–Crippen MR) is 63.6 cm³/mol. The van der Waals surface area contributed by atoms with Gasteiger partial charge in [0.1, 0.15) is 0 Å². The van der Waals surface area contributed by atoms with Crippen molar-refractivity contribution in [3.63, 3.8) is 0 Å². The molecule has 0 aromatic heterocycles. The first-order valence-electron chi connectivity index (χ1n) is 6.21. The minimum absolute atomic E-state index is 0.194. The normalized spacial score (nSPS) is 25.3. The van der Waals surface area contributed by atoms with Gasteiger partial charge in [-0.25, -0.2) is 0 Å². The van der Waals surface area contributed by atoms with Crippen molar-refractivity contribution in [1.29, 1.82) is 0 Å². The van der Waals surface area contributed by atoms with E-state index >= 15 is 0 Å². The van der Waals surface area contributed by atoms with Gasteiger partial charge in [-0.05, 0) is 24.2 Å². The lowest BCUT2D eigenvalue weighted by molar-refractivity contribution is -0.130. The first-order chi connectivity index (χ1) is 6.93. The number of rotatable bonds is 3. The van der Waals surface area contributed by atoms with Gasteiger partial charge in [-0.15, -0.1) is 0 Å². The van der Waals surface area contributed by atoms with E-state index in [1.807, 2.05) is 0 Å². The number of nitrogens with one attached hydrogen (secondary N) is 1. The summed E-state index contributed by atoms with van der Waals surface area (Å²) in [6.07, 6.45) is 4.74. The van der Waals surface area contributed by atoms with Crippen LogP contribution in [0.15, 0.2) is 0 Å². The lowest BCUT2D eigenvalue weighted by Crippen LogP contribution is -2.42. The van der Waals surface area contributed by atoms with Gasteiger partial charge in [0.05, 0.1) is 0 Å². The highest BCUT2D eigenvalue weighted by Gasteiger charge is 2.36. The van der Waals surface area contributed by atoms with Gasteiger partial charge in [0, 0.05) is 12.5 Å². The summed E-state index contributed by atoms with van der Waals surface area (Å²) in [5, 5.41) is 3.07. The molecule has 1 amide bonds. The number of carbonyl (C=O) groups excluding carboxylic acids is 1. The van der Waals surface area contributed by atoms with E-state index < -0.39 is 0 Å². The molecule has 1 fully saturated rings. The highest BCUT2D eigenvalue weighted by molar-refractivity contribution is 5.79. The highest BCUT2D eigenvalue weighted by atomic mass is 16.1. The summed E-state index contributed by atoms with van der Waals surface area (Å²) in [4.78, 5) is 12.0. The van der Waals surface area contributed by atoms with Crippen LogP contribution < -0.4 is 5.32 Å². The Kier molecular flexibility index (Phi) is 4.18. The Bertz CT molecular complexity index is 221. The fourth-order valence-corrected chi connectivity index (χ4v) is 2.41. The van der Waals surface area contributed by atoms with E-state index in [1.54, 1.807) is 0 Å². The SMILES string of the molecule is CC(C)CNC(=O)C1CCCCC1(C)C. The molecule has 0 bridgehead atoms. The minimum atomic E-state index is 0.194. The lowest BCUT2D eigenvalue weighted by Gasteiger charge is -2.37. The predicted octanol–water partition coefficient (Wildman–Crippen LogP) is 2.98. The third-order valence-corrected chi connectivity index (χ3v) is 3.51. The Morgan fingerprint density at radius 1 is 1.40 bits per heavy atom. The van der Waals surface area contributed by atoms with Gasteiger partial charge in [0.15, 0.2) is 0 Å². The van der Waals surface area contributed by atoms with Crippen LogP contribution in [0.1, 0.15) is 53.4 Å². The van der Waals surface area contributed by atoms with Crippen molar-refractivity contribution >= 4 is 5.91 Å². The van der Waals surface area contributed by atoms with E-state index in [4.69, 9.17) is 0 Å². The van der Waals surface area contributed by atoms with E-state index in [1.165, 1.54) is 19.3 Å². The Morgan fingerprint density at radius 3 is 2.60 bits per heavy atom. The molecule has 1 aliphatic carbocycles. The molecule has 0 aromatic carbocycles. The number of hydrogen-bond acceptors (Lipinski definition) is 1. The maximum Gasteiger partial charge on any atom is 0.223 e. The van der Waals surface area contributed by atoms with Crippen LogP contribution in [0.5, 0.6) is 0 Å². The van der Waals surface area contributed by atoms with Crippen molar-refractivity contribution in [2.75, 3.05) is 6.54 Å². The summed E-state index contributed by atoms with van der Waals surface area (Å²) in [5.41, 5.74) is 0.194. The van der Waals surface area contributed by atoms with Crippen LogP contribution in [0.2, 0.25) is 0 Å². The van der Waals surface area contributed by atoms with Crippen LogP contribution in [0, 0.1) is 17.3 Å². The van der Waals surface area contributed by atoms with Crippen molar-refractivity contribution in [1.82, 2.24) is 5.32 Å². The van der Waals surface area contributed by atoms with E-state index in [0.717, 1.165) is 13.0 Å². The molecule has 0 spiro atoms. The number of hydrogen-bond donors (Lipinski definition) is 1. The molecule has 0 saturated heterocycles. The first kappa shape index (κ1) is 12.5. The Labute approximate surface area is 93.8 Å². The number of amides is 1. The van der Waals surface area contributed by atoms with Crippen molar-refractivity contribution in [2.45, 2.75) is 53.4 Å². The van der Waals surface area contributed by atoms with E-state index in [-0.39, 0.29) is 17.2 Å². The summed E-state index contributed by atoms with van der Waals surface area (Å²) >= 11 is 0. The first-order valence-corrected chi connectivity index (χ1v) is 6.21. The Hall–Kier alpha value is -0.530. The molecule has 0 heterocycles. The minimum Gasteiger partial charge on any atom is -0.356 e. The van der Waals surface area contributed by atoms with Crippen molar-refractivity contribution in [2.24, 2.45) is 17.3 Å². The zero-order valence-corrected chi connectivity index (χ0v) is 10.6. The monoisotopic (exact) mass is 211 g/mol. The molecule has 0 radical (unpaired) electrons. The molecule has 2 heteroatoms. The third kappa shape index (κ3) is 3.51. The zero-order valence-electron chi connectivity index (χ0n) is 10.6. The highest BCUT2D eigenvalue weighted by Crippen LogP contribution is 2.40. The van der Waals surface area contributed by atoms with Crippen molar-refractivity contribution in [3.05, 3.63) is 0 Å². The third-order valence-electron chi connectivity index (χ3n) is 3.51. The zero-order chi connectivity index (χ0) is 11.5. The fourth-order valence-electron chi connectivity index (χ4n) is 2.41. The van der Waals surface area contributed by atoms with Crippen LogP contribution in [-0.2, 0) is 4.79 Å². The molecule has 2 nitrogen and oxygen atoms in total. The summed E-state index contributed by atoms with van der Waals surface area (Å²) < 4.78 is 0. The summed E-state index contributed by atoms with van der Waals surface area (Å²) in [6.45, 7) is 9.53. The average Bonchev–Trinajstić information content (AvgIpc) is 2.13. The van der Waals surface area contributed by atoms with E-state index in [0.29, 0.717) is 5.92 Å². The summed E-state index contributed by atoms with van der Waals surface area (Å²) in [7, 11) is 0. The standard InChI is InChI=1S/C13H25NO/c1-10(2)9-14-12(15)11-7-5-6-8-13(11,3)4/h10-11H,5-9H2,1-4H3,(H,14,15). The lowest BCUT2D eigenvalue weighted by atomic mass is 9.68. The van der Waals surface area contributed by atoms with Crippen molar-refractivity contribution < 1.29 is 4.79 Å². The Balaban J connectivity index is 2.49. The van der Waals surface area contributed by atoms with Gasteiger partial charge in [-0.3, -0.25) is 4.79 Å². The largest absolute Gasteiger partial charge is 0.356 e. The summed E-state index contributed by atoms with van der Waals surface area (Å²) in [5.74, 6) is 1.04. The van der Waals surface area contributed by atoms with Crippen LogP contribution in [0.25, 0.3) is 0 Å². The van der Waals surface area contributed by atoms with E-state index in [2.05, 4.69) is 33.0 Å². The molecular weight excluding hydrogens is 186 g/mol. The van der Waals surface area contributed by atoms with Gasteiger partial charge in [0.25, 0.3) is 0 Å². The quantitative estimate of drug-likeness (QED) is 0.764. The van der Waals surface area contributed by atoms with Gasteiger partial charge in [-0.2, -0.15) is 0 Å². The fraction of sp³-hybridized carbons (Fsp3) is 0.923. The average molecular weight is 211 g/mol. The second-order valence-electron chi connectivity index (χ2n) is 5.93. The number of carbonyl (C=O) groups is 1. The topological polar surface area (TPSA) is 29.1 Å². The molecule has 1 atom stereocenters. The molecule has 1 saturated carbocycles. The maximum absolute atomic E-state index is 12.0. The second kappa shape index (κ2) is 5.00. The second-order valence-corrected chi connectivity index (χ2v) is 5.93. The molecule has 0 aliphatic heterocycles.